The van der Waals surface area contributed by atoms with Gasteiger partial charge in [0.2, 0.25) is 0 Å². The van der Waals surface area contributed by atoms with Gasteiger partial charge in [0.05, 0.1) is 0 Å². The van der Waals surface area contributed by atoms with Crippen molar-refractivity contribution in [1.29, 1.82) is 0 Å². The molecule has 0 aromatic heterocycles. The molecule has 8 heavy (non-hydrogen) atoms. The maximum absolute atomic E-state index is 0. The van der Waals surface area contributed by atoms with E-state index >= 15 is 0 Å². The Bertz CT molecular complexity index is 12.4. The maximum Gasteiger partial charge on any atom is 2.00 e. The maximum atomic E-state index is 0. The van der Waals surface area contributed by atoms with E-state index in [0.29, 0.717) is 0 Å². The van der Waals surface area contributed by atoms with Crippen molar-refractivity contribution in [3.8, 4) is 0 Å². The van der Waals surface area contributed by atoms with Crippen molar-refractivity contribution >= 4 is 0 Å². The summed E-state index contributed by atoms with van der Waals surface area (Å²) in [5.41, 5.74) is 0. The van der Waals surface area contributed by atoms with E-state index in [0.717, 1.165) is 0 Å². The third kappa shape index (κ3) is 46.7. The van der Waals surface area contributed by atoms with Crippen LogP contribution in [0, 0.1) is 0 Å². The van der Waals surface area contributed by atoms with Gasteiger partial charge in [-0.25, -0.2) is 0 Å². The Morgan fingerprint density at radius 2 is 0.500 bits per heavy atom. The van der Waals surface area contributed by atoms with E-state index in [1.54, 1.807) is 0 Å². The van der Waals surface area contributed by atoms with Crippen molar-refractivity contribution in [2.45, 2.75) is 0 Å². The van der Waals surface area contributed by atoms with Crippen LogP contribution in [-0.4, -0.2) is 0 Å². The Hall–Kier alpha value is 4.51. The van der Waals surface area contributed by atoms with Crippen LogP contribution in [0.25, 0.3) is 0 Å². The van der Waals surface area contributed by atoms with Crippen molar-refractivity contribution in [1.82, 2.24) is 0 Å². The molecule has 1 radical (unpaired) electrons. The molecule has 0 spiro atoms. The first-order valence-corrected chi connectivity index (χ1v) is 0. The van der Waals surface area contributed by atoms with Crippen molar-refractivity contribution in [3.63, 3.8) is 0 Å². The van der Waals surface area contributed by atoms with Crippen molar-refractivity contribution in [2.75, 3.05) is 0 Å². The monoisotopic (exact) mass is 387 g/mol. The predicted molar refractivity (Wildman–Crippen MR) is 0 cm³/mol. The van der Waals surface area contributed by atoms with E-state index in [1.807, 2.05) is 0 Å². The fourth-order valence-corrected chi connectivity index (χ4v) is 0. The second-order valence-electron chi connectivity index (χ2n) is 0. The van der Waals surface area contributed by atoms with Crippen LogP contribution < -0.4 is 113 Å². The minimum atomic E-state index is 0. The van der Waals surface area contributed by atoms with Gasteiger partial charge in [-0.05, 0) is 0 Å². The summed E-state index contributed by atoms with van der Waals surface area (Å²) in [5.74, 6) is 0. The Labute approximate surface area is 154 Å². The van der Waals surface area contributed by atoms with Gasteiger partial charge in [0.15, 0.2) is 0 Å². The van der Waals surface area contributed by atoms with E-state index in [4.69, 9.17) is 0 Å². The molecule has 0 unspecified atom stereocenters. The molecule has 0 aromatic carbocycles. The van der Waals surface area contributed by atoms with Crippen molar-refractivity contribution in [3.05, 3.63) is 0 Å². The molecule has 47 valence electrons. The minimum Gasteiger partial charge on any atom is -1.00 e. The zero-order chi connectivity index (χ0) is 0. The van der Waals surface area contributed by atoms with Crippen molar-refractivity contribution < 1.29 is 157 Å². The van der Waals surface area contributed by atoms with Gasteiger partial charge in [-0.3, -0.25) is 0 Å². The first-order chi connectivity index (χ1) is 0. The molecule has 0 aliphatic carbocycles. The minimum absolute atomic E-state index is 0. The molecular weight excluding hydrogens is 388 g/mol. The van der Waals surface area contributed by atoms with Gasteiger partial charge < -0.3 is 62.0 Å². The molecule has 0 aliphatic rings. The molecule has 0 heterocycles. The fraction of sp³-hybridized carbons (Fsp3) is 0. The molecule has 0 fully saturated rings. The topological polar surface area (TPSA) is 0 Å². The first-order valence-electron chi connectivity index (χ1n) is 0. The summed E-state index contributed by atoms with van der Waals surface area (Å²) in [5, 5.41) is 0. The number of halogens is 5. The summed E-state index contributed by atoms with van der Waals surface area (Å²) in [4.78, 5) is 0. The van der Waals surface area contributed by atoms with Crippen LogP contribution in [0.1, 0.15) is 0 Å². The summed E-state index contributed by atoms with van der Waals surface area (Å²) in [6.45, 7) is 0. The zero-order valence-corrected chi connectivity index (χ0v) is 15.9. The van der Waals surface area contributed by atoms with Crippen LogP contribution in [0.2, 0.25) is 0 Å². The Kier molecular flexibility index (Phi) is 636. The largest absolute Gasteiger partial charge is 2.00 e. The average Bonchev–Trinajstić information content (AvgIpc) is 0. The molecular formula is CdCl5CoK. The second kappa shape index (κ2) is 62.5. The van der Waals surface area contributed by atoms with E-state index in [9.17, 15) is 0 Å². The van der Waals surface area contributed by atoms with Gasteiger partial charge in [0.25, 0.3) is 0 Å². The summed E-state index contributed by atoms with van der Waals surface area (Å²) < 4.78 is 0. The third-order valence-corrected chi connectivity index (χ3v) is 0. The molecule has 0 aromatic rings. The summed E-state index contributed by atoms with van der Waals surface area (Å²) in [6.07, 6.45) is 0. The van der Waals surface area contributed by atoms with Gasteiger partial charge in [0, 0.05) is 0 Å². The van der Waals surface area contributed by atoms with Crippen LogP contribution in [0.3, 0.4) is 0 Å². The molecule has 0 amide bonds. The Balaban J connectivity index is 0. The van der Waals surface area contributed by atoms with Crippen LogP contribution in [0.4, 0.5) is 0 Å². The Morgan fingerprint density at radius 3 is 0.500 bits per heavy atom. The summed E-state index contributed by atoms with van der Waals surface area (Å²) >= 11 is 0. The van der Waals surface area contributed by atoms with Gasteiger partial charge in [-0.15, -0.1) is 0 Å². The summed E-state index contributed by atoms with van der Waals surface area (Å²) in [6, 6.07) is 0. The molecule has 0 saturated carbocycles. The van der Waals surface area contributed by atoms with Gasteiger partial charge in [-0.2, -0.15) is 0 Å². The van der Waals surface area contributed by atoms with E-state index in [2.05, 4.69) is 0 Å². The molecule has 0 saturated heterocycles. The van der Waals surface area contributed by atoms with Gasteiger partial charge in [0.1, 0.15) is 0 Å². The van der Waals surface area contributed by atoms with Crippen molar-refractivity contribution in [2.24, 2.45) is 0 Å². The molecule has 0 nitrogen and oxygen atoms in total. The normalized spacial score (nSPS) is 0. The molecule has 0 bridgehead atoms. The number of hydrogen-bond donors (Lipinski definition) is 0. The second-order valence-corrected chi connectivity index (χ2v) is 0. The van der Waals surface area contributed by atoms with E-state index in [-0.39, 0.29) is 157 Å². The first kappa shape index (κ1) is 81.4. The van der Waals surface area contributed by atoms with Crippen LogP contribution in [0.15, 0.2) is 0 Å². The molecule has 0 N–H and O–H groups in total. The zero-order valence-electron chi connectivity index (χ0n) is 3.93. The van der Waals surface area contributed by atoms with Crippen LogP contribution >= 0.6 is 0 Å². The van der Waals surface area contributed by atoms with E-state index < -0.39 is 0 Å². The number of rotatable bonds is 0. The third-order valence-electron chi connectivity index (χ3n) is 0. The standard InChI is InChI=1S/Cd.5ClH.Co.K/h;5*1H;;/q+2;;;;;;+2;+1/p-5. The SMILES string of the molecule is [Cd+2].[Cl-].[Cl-].[Cl-].[Cl-].[Cl-].[Co+2].[K+]. The Morgan fingerprint density at radius 1 is 0.500 bits per heavy atom. The quantitative estimate of drug-likeness (QED) is 0.362. The molecule has 0 rings (SSSR count). The van der Waals surface area contributed by atoms with Crippen LogP contribution in [-0.2, 0) is 44.1 Å². The van der Waals surface area contributed by atoms with Crippen LogP contribution in [0.5, 0.6) is 0 Å². The van der Waals surface area contributed by atoms with E-state index in [1.165, 1.54) is 0 Å². The van der Waals surface area contributed by atoms with Gasteiger partial charge in [-0.1, -0.05) is 0 Å². The fourth-order valence-electron chi connectivity index (χ4n) is 0. The molecule has 8 heteroatoms. The smallest absolute Gasteiger partial charge is 1.00 e. The molecule has 0 aliphatic heterocycles. The predicted octanol–water partition coefficient (Wildman–Crippen LogP) is -18.0. The number of hydrogen-bond acceptors (Lipinski definition) is 0. The summed E-state index contributed by atoms with van der Waals surface area (Å²) in [7, 11) is 0. The average molecular weight is 388 g/mol. The van der Waals surface area contributed by atoms with Gasteiger partial charge >= 0.3 is 95.5 Å². The molecule has 0 atom stereocenters.